The highest BCUT2D eigenvalue weighted by Gasteiger charge is 2.13. The van der Waals surface area contributed by atoms with Crippen molar-refractivity contribution in [2.24, 2.45) is 0 Å². The van der Waals surface area contributed by atoms with E-state index >= 15 is 0 Å². The van der Waals surface area contributed by atoms with Crippen molar-refractivity contribution in [3.8, 4) is 0 Å². The zero-order valence-electron chi connectivity index (χ0n) is 11.5. The van der Waals surface area contributed by atoms with Gasteiger partial charge in [0.2, 0.25) is 0 Å². The van der Waals surface area contributed by atoms with E-state index in [0.717, 1.165) is 4.47 Å². The lowest BCUT2D eigenvalue weighted by Gasteiger charge is -2.03. The highest BCUT2D eigenvalue weighted by Crippen LogP contribution is 2.26. The largest absolute Gasteiger partial charge is 0.289 e. The van der Waals surface area contributed by atoms with Crippen LogP contribution in [0, 0.1) is 10.1 Å². The second kappa shape index (κ2) is 6.85. The molecule has 0 atom stereocenters. The van der Waals surface area contributed by atoms with Crippen LogP contribution in [-0.4, -0.2) is 10.7 Å². The minimum Gasteiger partial charge on any atom is -0.289 e. The van der Waals surface area contributed by atoms with Gasteiger partial charge in [-0.25, -0.2) is 0 Å². The van der Waals surface area contributed by atoms with E-state index in [1.54, 1.807) is 37.3 Å². The Labute approximate surface area is 140 Å². The number of carbonyl (C=O) groups is 1. The third kappa shape index (κ3) is 3.81. The lowest BCUT2D eigenvalue weighted by atomic mass is 10.0. The number of ketones is 1. The van der Waals surface area contributed by atoms with Crippen molar-refractivity contribution in [1.29, 1.82) is 0 Å². The Bertz CT molecular complexity index is 787. The molecule has 0 saturated carbocycles. The fraction of sp³-hybridized carbons (Fsp3) is 0.0625. The van der Waals surface area contributed by atoms with Crippen molar-refractivity contribution < 1.29 is 9.72 Å². The first-order valence-electron chi connectivity index (χ1n) is 6.31. The third-order valence-corrected chi connectivity index (χ3v) is 3.81. The molecule has 0 aromatic heterocycles. The Morgan fingerprint density at radius 1 is 1.27 bits per heavy atom. The van der Waals surface area contributed by atoms with Crippen LogP contribution in [0.5, 0.6) is 0 Å². The monoisotopic (exact) mass is 379 g/mol. The van der Waals surface area contributed by atoms with Crippen LogP contribution in [0.4, 0.5) is 5.69 Å². The van der Waals surface area contributed by atoms with Crippen molar-refractivity contribution in [3.63, 3.8) is 0 Å². The van der Waals surface area contributed by atoms with Crippen LogP contribution in [0.25, 0.3) is 6.08 Å². The van der Waals surface area contributed by atoms with Gasteiger partial charge in [0.25, 0.3) is 5.69 Å². The molecular weight excluding hydrogens is 370 g/mol. The Morgan fingerprint density at radius 2 is 2.00 bits per heavy atom. The summed E-state index contributed by atoms with van der Waals surface area (Å²) in [7, 11) is 0. The van der Waals surface area contributed by atoms with E-state index in [0.29, 0.717) is 16.7 Å². The second-order valence-electron chi connectivity index (χ2n) is 4.63. The van der Waals surface area contributed by atoms with Gasteiger partial charge in [0.15, 0.2) is 5.78 Å². The molecule has 0 N–H and O–H groups in total. The molecule has 2 rings (SSSR count). The minimum absolute atomic E-state index is 0.0677. The molecule has 112 valence electrons. The van der Waals surface area contributed by atoms with Crippen LogP contribution in [0.15, 0.2) is 52.5 Å². The molecule has 6 heteroatoms. The number of Topliss-reactive ketones (excluding diaryl/α,β-unsaturated/α-hetero) is 1. The molecule has 0 saturated heterocycles. The average molecular weight is 381 g/mol. The van der Waals surface area contributed by atoms with Gasteiger partial charge in [-0.05, 0) is 42.3 Å². The zero-order valence-corrected chi connectivity index (χ0v) is 13.9. The first-order valence-corrected chi connectivity index (χ1v) is 7.48. The minimum atomic E-state index is -0.550. The molecule has 0 aliphatic carbocycles. The summed E-state index contributed by atoms with van der Waals surface area (Å²) in [6, 6.07) is 11.5. The molecule has 22 heavy (non-hydrogen) atoms. The number of nitrogens with zero attached hydrogens (tertiary/aromatic N) is 1. The van der Waals surface area contributed by atoms with Gasteiger partial charge in [0, 0.05) is 16.1 Å². The fourth-order valence-electron chi connectivity index (χ4n) is 1.93. The maximum Gasteiger partial charge on any atom is 0.288 e. The molecular formula is C16H11BrClNO3. The number of benzene rings is 2. The van der Waals surface area contributed by atoms with E-state index in [9.17, 15) is 14.9 Å². The molecule has 0 bridgehead atoms. The maximum atomic E-state index is 12.3. The molecule has 0 heterocycles. The third-order valence-electron chi connectivity index (χ3n) is 3.00. The molecule has 0 unspecified atom stereocenters. The number of hydrogen-bond donors (Lipinski definition) is 0. The number of nitro benzene ring substituents is 1. The summed E-state index contributed by atoms with van der Waals surface area (Å²) in [5.41, 5.74) is 1.40. The summed E-state index contributed by atoms with van der Waals surface area (Å²) >= 11 is 9.09. The Hall–Kier alpha value is -1.98. The molecule has 0 amide bonds. The van der Waals surface area contributed by atoms with E-state index in [1.807, 2.05) is 6.07 Å². The highest BCUT2D eigenvalue weighted by molar-refractivity contribution is 9.10. The summed E-state index contributed by atoms with van der Waals surface area (Å²) in [5.74, 6) is -0.140. The van der Waals surface area contributed by atoms with Gasteiger partial charge in [-0.15, -0.1) is 0 Å². The van der Waals surface area contributed by atoms with E-state index in [2.05, 4.69) is 15.9 Å². The molecule has 0 radical (unpaired) electrons. The van der Waals surface area contributed by atoms with Crippen LogP contribution < -0.4 is 0 Å². The van der Waals surface area contributed by atoms with Crippen LogP contribution in [0.3, 0.4) is 0 Å². The maximum absolute atomic E-state index is 12.3. The summed E-state index contributed by atoms with van der Waals surface area (Å²) in [6.07, 6.45) is 1.60. The lowest BCUT2D eigenvalue weighted by molar-refractivity contribution is -0.384. The summed E-state index contributed by atoms with van der Waals surface area (Å²) in [4.78, 5) is 22.7. The molecule has 2 aromatic rings. The van der Waals surface area contributed by atoms with E-state index < -0.39 is 4.92 Å². The summed E-state index contributed by atoms with van der Waals surface area (Å²) in [5, 5.41) is 10.9. The van der Waals surface area contributed by atoms with Crippen LogP contribution >= 0.6 is 27.5 Å². The van der Waals surface area contributed by atoms with Gasteiger partial charge in [-0.2, -0.15) is 0 Å². The predicted octanol–water partition coefficient (Wildman–Crippen LogP) is 5.30. The number of halogens is 2. The topological polar surface area (TPSA) is 60.2 Å². The van der Waals surface area contributed by atoms with Gasteiger partial charge < -0.3 is 0 Å². The number of allylic oxidation sites excluding steroid dienone is 1. The Kier molecular flexibility index (Phi) is 5.11. The number of hydrogen-bond acceptors (Lipinski definition) is 3. The number of carbonyl (C=O) groups excluding carboxylic acids is 1. The smallest absolute Gasteiger partial charge is 0.288 e. The van der Waals surface area contributed by atoms with Gasteiger partial charge in [0.05, 0.1) is 4.92 Å². The van der Waals surface area contributed by atoms with Crippen molar-refractivity contribution in [2.75, 3.05) is 0 Å². The molecule has 0 fully saturated rings. The lowest BCUT2D eigenvalue weighted by Crippen LogP contribution is -2.00. The standard InChI is InChI=1S/C16H11BrClNO3/c1-10(16(20)12-3-2-4-13(17)9-12)7-11-5-6-14(18)15(8-11)19(21)22/h2-9H,1H3/b10-7+. The molecule has 0 aliphatic heterocycles. The van der Waals surface area contributed by atoms with E-state index in [1.165, 1.54) is 12.1 Å². The van der Waals surface area contributed by atoms with Gasteiger partial charge >= 0.3 is 0 Å². The molecule has 2 aromatic carbocycles. The zero-order chi connectivity index (χ0) is 16.3. The average Bonchev–Trinajstić information content (AvgIpc) is 2.48. The van der Waals surface area contributed by atoms with Crippen LogP contribution in [-0.2, 0) is 0 Å². The van der Waals surface area contributed by atoms with E-state index in [4.69, 9.17) is 11.6 Å². The second-order valence-corrected chi connectivity index (χ2v) is 5.96. The molecule has 0 aliphatic rings. The first-order chi connectivity index (χ1) is 10.4. The van der Waals surface area contributed by atoms with Crippen molar-refractivity contribution >= 4 is 45.1 Å². The summed E-state index contributed by atoms with van der Waals surface area (Å²) < 4.78 is 0.813. The number of nitro groups is 1. The Morgan fingerprint density at radius 3 is 2.64 bits per heavy atom. The normalized spacial score (nSPS) is 11.3. The van der Waals surface area contributed by atoms with Crippen molar-refractivity contribution in [2.45, 2.75) is 6.92 Å². The molecule has 4 nitrogen and oxygen atoms in total. The number of rotatable bonds is 4. The quantitative estimate of drug-likeness (QED) is 0.313. The summed E-state index contributed by atoms with van der Waals surface area (Å²) in [6.45, 7) is 1.67. The molecule has 0 spiro atoms. The first kappa shape index (κ1) is 16.4. The highest BCUT2D eigenvalue weighted by atomic mass is 79.9. The van der Waals surface area contributed by atoms with Gasteiger partial charge in [0.1, 0.15) is 5.02 Å². The van der Waals surface area contributed by atoms with Crippen LogP contribution in [0.1, 0.15) is 22.8 Å². The fourth-order valence-corrected chi connectivity index (χ4v) is 2.52. The van der Waals surface area contributed by atoms with Crippen LogP contribution in [0.2, 0.25) is 5.02 Å². The SMILES string of the molecule is C/C(=C\c1ccc(Cl)c([N+](=O)[O-])c1)C(=O)c1cccc(Br)c1. The van der Waals surface area contributed by atoms with Crippen molar-refractivity contribution in [1.82, 2.24) is 0 Å². The van der Waals surface area contributed by atoms with Crippen molar-refractivity contribution in [3.05, 3.63) is 78.8 Å². The van der Waals surface area contributed by atoms with E-state index in [-0.39, 0.29) is 16.5 Å². The predicted molar refractivity (Wildman–Crippen MR) is 90.2 cm³/mol. The van der Waals surface area contributed by atoms with Gasteiger partial charge in [-0.3, -0.25) is 14.9 Å². The Balaban J connectivity index is 2.34. The van der Waals surface area contributed by atoms with Gasteiger partial charge in [-0.1, -0.05) is 45.7 Å².